The minimum absolute atomic E-state index is 0.123. The number of rotatable bonds is 10. The molecule has 4 aromatic carbocycles. The molecule has 0 radical (unpaired) electrons. The molecule has 0 N–H and O–H groups in total. The van der Waals surface area contributed by atoms with Crippen LogP contribution in [-0.4, -0.2) is 63.9 Å². The molecular weight excluding hydrogens is 797 g/mol. The molecule has 11 nitrogen and oxygen atoms in total. The molecule has 0 atom stereocenters. The van der Waals surface area contributed by atoms with Crippen LogP contribution in [-0.2, 0) is 10.8 Å². The van der Waals surface area contributed by atoms with Gasteiger partial charge in [-0.15, -0.1) is 0 Å². The molecule has 0 aliphatic carbocycles. The summed E-state index contributed by atoms with van der Waals surface area (Å²) >= 11 is 0. The topological polar surface area (TPSA) is 103 Å². The van der Waals surface area contributed by atoms with E-state index >= 15 is 0 Å². The van der Waals surface area contributed by atoms with Crippen LogP contribution in [0.4, 0.5) is 16.2 Å². The van der Waals surface area contributed by atoms with Crippen molar-refractivity contribution in [1.29, 1.82) is 0 Å². The molecule has 0 fully saturated rings. The van der Waals surface area contributed by atoms with Crippen LogP contribution < -0.4 is 19.3 Å². The van der Waals surface area contributed by atoms with E-state index in [1.807, 2.05) is 101 Å². The fourth-order valence-electron chi connectivity index (χ4n) is 8.18. The second-order valence-corrected chi connectivity index (χ2v) is 18.2. The van der Waals surface area contributed by atoms with Crippen molar-refractivity contribution in [3.63, 3.8) is 0 Å². The van der Waals surface area contributed by atoms with Crippen LogP contribution in [0.25, 0.3) is 56.4 Å². The van der Waals surface area contributed by atoms with Crippen molar-refractivity contribution in [2.75, 3.05) is 38.0 Å². The van der Waals surface area contributed by atoms with Gasteiger partial charge in [0.05, 0.1) is 22.8 Å². The van der Waals surface area contributed by atoms with Crippen LogP contribution in [0.3, 0.4) is 0 Å². The molecule has 8 rings (SSSR count). The van der Waals surface area contributed by atoms with Gasteiger partial charge in [-0.25, -0.2) is 14.8 Å². The molecule has 0 amide bonds. The predicted molar refractivity (Wildman–Crippen MR) is 257 cm³/mol. The van der Waals surface area contributed by atoms with Crippen LogP contribution >= 0.6 is 0 Å². The number of carbonyl (C=O) groups excluding carboxylic acids is 1. The molecule has 4 heterocycles. The number of benzene rings is 4. The molecule has 8 aromatic rings. The summed E-state index contributed by atoms with van der Waals surface area (Å²) in [6, 6.07) is 43.8. The smallest absolute Gasteiger partial charge is 0.377 e. The molecule has 11 heteroatoms. The molecule has 0 aliphatic heterocycles. The zero-order valence-corrected chi connectivity index (χ0v) is 38.2. The first-order chi connectivity index (χ1) is 30.6. The van der Waals surface area contributed by atoms with Crippen molar-refractivity contribution < 1.29 is 14.3 Å². The van der Waals surface area contributed by atoms with Gasteiger partial charge in [0, 0.05) is 75.0 Å². The van der Waals surface area contributed by atoms with E-state index < -0.39 is 6.16 Å². The van der Waals surface area contributed by atoms with Gasteiger partial charge in [-0.1, -0.05) is 139 Å². The molecule has 0 aliphatic rings. The fraction of sp³-hybridized carbons (Fsp3) is 0.226. The first-order valence-corrected chi connectivity index (χ1v) is 21.3. The number of carbonyl (C=O) groups is 1. The van der Waals surface area contributed by atoms with Gasteiger partial charge in [0.1, 0.15) is 0 Å². The van der Waals surface area contributed by atoms with E-state index in [1.54, 1.807) is 24.5 Å². The van der Waals surface area contributed by atoms with Crippen molar-refractivity contribution in [2.45, 2.75) is 52.4 Å². The Morgan fingerprint density at radius 2 is 0.875 bits per heavy atom. The Balaban J connectivity index is 1.26. The first-order valence-electron chi connectivity index (χ1n) is 21.3. The van der Waals surface area contributed by atoms with Gasteiger partial charge in [-0.05, 0) is 57.3 Å². The van der Waals surface area contributed by atoms with Gasteiger partial charge in [-0.2, -0.15) is 19.6 Å². The van der Waals surface area contributed by atoms with E-state index in [0.717, 1.165) is 55.9 Å². The highest BCUT2D eigenvalue weighted by Crippen LogP contribution is 2.47. The normalized spacial score (nSPS) is 11.7. The average molecular weight is 851 g/mol. The summed E-state index contributed by atoms with van der Waals surface area (Å²) in [5.41, 5.74) is 10.8. The van der Waals surface area contributed by atoms with Crippen molar-refractivity contribution in [3.8, 4) is 68.2 Å². The minimum atomic E-state index is -0.990. The predicted octanol–water partition coefficient (Wildman–Crippen LogP) is 11.8. The Bertz CT molecular complexity index is 2710. The molecule has 0 bridgehead atoms. The lowest BCUT2D eigenvalue weighted by Gasteiger charge is -2.29. The summed E-state index contributed by atoms with van der Waals surface area (Å²) in [7, 11) is 8.13. The molecule has 64 heavy (non-hydrogen) atoms. The molecular formula is C53H54N8O3. The average Bonchev–Trinajstić information content (AvgIpc) is 3.90. The fourth-order valence-corrected chi connectivity index (χ4v) is 8.18. The highest BCUT2D eigenvalue weighted by atomic mass is 16.7. The second kappa shape index (κ2) is 17.3. The number of anilines is 2. The van der Waals surface area contributed by atoms with Crippen LogP contribution in [0.2, 0.25) is 0 Å². The zero-order valence-electron chi connectivity index (χ0n) is 38.2. The Morgan fingerprint density at radius 3 is 1.20 bits per heavy atom. The van der Waals surface area contributed by atoms with Gasteiger partial charge in [0.15, 0.2) is 11.6 Å². The highest BCUT2D eigenvalue weighted by Gasteiger charge is 2.31. The summed E-state index contributed by atoms with van der Waals surface area (Å²) in [6.45, 7) is 13.1. The maximum Gasteiger partial charge on any atom is 0.522 e. The van der Waals surface area contributed by atoms with Gasteiger partial charge < -0.3 is 19.3 Å². The molecule has 324 valence electrons. The molecule has 0 unspecified atom stereocenters. The van der Waals surface area contributed by atoms with E-state index in [0.29, 0.717) is 23.0 Å². The van der Waals surface area contributed by atoms with Crippen LogP contribution in [0.5, 0.6) is 11.8 Å². The van der Waals surface area contributed by atoms with Gasteiger partial charge in [0.25, 0.3) is 0 Å². The number of pyridine rings is 2. The third-order valence-electron chi connectivity index (χ3n) is 11.0. The van der Waals surface area contributed by atoms with E-state index in [4.69, 9.17) is 19.7 Å². The highest BCUT2D eigenvalue weighted by molar-refractivity contribution is 5.94. The molecule has 0 spiro atoms. The minimum Gasteiger partial charge on any atom is -0.377 e. The second-order valence-electron chi connectivity index (χ2n) is 18.2. The SMILES string of the molecule is CN(C)c1c(-c2ccccc2)ccc(C(C)(C)C)c1-c1cc(OC(=O)Oc2cc(-c3c(C(C)(C)C)ccc(-c4ccccc4)c3N(C)C)nn2-c2ccccn2)n(-c2ccccn2)n1. The summed E-state index contributed by atoms with van der Waals surface area (Å²) in [5, 5.41) is 10.3. The maximum atomic E-state index is 14.3. The van der Waals surface area contributed by atoms with Crippen molar-refractivity contribution in [2.24, 2.45) is 0 Å². The number of hydrogen-bond acceptors (Lipinski definition) is 9. The van der Waals surface area contributed by atoms with E-state index in [9.17, 15) is 4.79 Å². The summed E-state index contributed by atoms with van der Waals surface area (Å²) < 4.78 is 15.4. The number of hydrogen-bond donors (Lipinski definition) is 0. The first kappa shape index (κ1) is 43.1. The lowest BCUT2D eigenvalue weighted by Crippen LogP contribution is -2.18. The third-order valence-corrected chi connectivity index (χ3v) is 11.0. The summed E-state index contributed by atoms with van der Waals surface area (Å²) in [6.07, 6.45) is 2.36. The summed E-state index contributed by atoms with van der Waals surface area (Å²) in [4.78, 5) is 27.8. The molecule has 4 aromatic heterocycles. The van der Waals surface area contributed by atoms with Gasteiger partial charge in [0.2, 0.25) is 11.8 Å². The Labute approximate surface area is 375 Å². The largest absolute Gasteiger partial charge is 0.522 e. The lowest BCUT2D eigenvalue weighted by molar-refractivity contribution is 0.145. The Morgan fingerprint density at radius 1 is 0.500 bits per heavy atom. The van der Waals surface area contributed by atoms with Crippen LogP contribution in [0.15, 0.2) is 146 Å². The van der Waals surface area contributed by atoms with Crippen molar-refractivity contribution in [1.82, 2.24) is 29.5 Å². The monoisotopic (exact) mass is 850 g/mol. The third kappa shape index (κ3) is 8.61. The van der Waals surface area contributed by atoms with Crippen molar-refractivity contribution in [3.05, 3.63) is 157 Å². The van der Waals surface area contributed by atoms with Gasteiger partial charge in [-0.3, -0.25) is 0 Å². The Hall–Kier alpha value is -7.53. The van der Waals surface area contributed by atoms with Crippen LogP contribution in [0.1, 0.15) is 52.7 Å². The van der Waals surface area contributed by atoms with E-state index in [1.165, 1.54) is 9.36 Å². The van der Waals surface area contributed by atoms with E-state index in [2.05, 4.69) is 110 Å². The van der Waals surface area contributed by atoms with Crippen LogP contribution in [0, 0.1) is 0 Å². The summed E-state index contributed by atoms with van der Waals surface area (Å²) in [5.74, 6) is 1.17. The zero-order chi connectivity index (χ0) is 45.3. The number of ether oxygens (including phenoxy) is 2. The van der Waals surface area contributed by atoms with Crippen molar-refractivity contribution >= 4 is 17.5 Å². The number of aromatic nitrogens is 6. The Kier molecular flexibility index (Phi) is 11.7. The van der Waals surface area contributed by atoms with Gasteiger partial charge >= 0.3 is 6.16 Å². The molecule has 0 saturated heterocycles. The quantitative estimate of drug-likeness (QED) is 0.124. The van der Waals surface area contributed by atoms with E-state index in [-0.39, 0.29) is 22.6 Å². The standard InChI is InChI=1S/C53H54N8O3/c1-52(2,3)39-29-27-37(35-21-13-11-14-22-35)49(58(7)8)47(39)41-33-45(60(56-41)43-25-17-19-31-54-43)63-51(62)64-46-34-42(57-61(46)44-26-18-20-32-55-44)48-40(53(4,5)6)30-28-38(50(48)59(9)10)36-23-15-12-16-24-36/h11-34H,1-10H3. The molecule has 0 saturated carbocycles. The lowest BCUT2D eigenvalue weighted by atomic mass is 9.80. The number of nitrogens with zero attached hydrogens (tertiary/aromatic N) is 8. The maximum absolute atomic E-state index is 14.3.